The number of nitrogens with two attached hydrogens (primary N) is 1. The second kappa shape index (κ2) is 10.8. The average molecular weight is 528 g/mol. The highest BCUT2D eigenvalue weighted by molar-refractivity contribution is 7.21. The van der Waals surface area contributed by atoms with E-state index < -0.39 is 5.97 Å². The number of benzene rings is 1. The van der Waals surface area contributed by atoms with E-state index in [0.717, 1.165) is 40.7 Å². The SMILES string of the molecule is CCCCc1ccc2c(N)c(C(=O)Nc3scc(-c4ccc(Cl)cc4)c3C(=O)OC(C)C)sc2n1. The number of thiophene rings is 2. The van der Waals surface area contributed by atoms with Crippen molar-refractivity contribution in [1.82, 2.24) is 4.98 Å². The predicted molar refractivity (Wildman–Crippen MR) is 146 cm³/mol. The van der Waals surface area contributed by atoms with Gasteiger partial charge in [0.05, 0.1) is 11.8 Å². The van der Waals surface area contributed by atoms with Crippen LogP contribution >= 0.6 is 34.3 Å². The van der Waals surface area contributed by atoms with E-state index in [1.807, 2.05) is 29.6 Å². The highest BCUT2D eigenvalue weighted by Crippen LogP contribution is 2.39. The van der Waals surface area contributed by atoms with Crippen LogP contribution in [0.2, 0.25) is 5.02 Å². The Kier molecular flexibility index (Phi) is 7.74. The van der Waals surface area contributed by atoms with Crippen LogP contribution < -0.4 is 11.1 Å². The van der Waals surface area contributed by atoms with Crippen molar-refractivity contribution in [3.63, 3.8) is 0 Å². The molecule has 4 aromatic rings. The number of hydrogen-bond donors (Lipinski definition) is 2. The standard InChI is InChI=1S/C26H26ClN3O3S2/c1-4-5-6-17-11-12-18-21(28)22(35-24(18)29-17)23(31)30-25-20(26(32)33-14(2)3)19(13-34-25)15-7-9-16(27)10-8-15/h7-14H,4-6,28H2,1-3H3,(H,30,31). The van der Waals surface area contributed by atoms with Gasteiger partial charge in [-0.3, -0.25) is 4.79 Å². The molecule has 35 heavy (non-hydrogen) atoms. The number of aromatic nitrogens is 1. The number of anilines is 2. The van der Waals surface area contributed by atoms with Crippen molar-refractivity contribution in [2.24, 2.45) is 0 Å². The number of pyridine rings is 1. The number of amides is 1. The average Bonchev–Trinajstić information content (AvgIpc) is 3.38. The van der Waals surface area contributed by atoms with E-state index >= 15 is 0 Å². The van der Waals surface area contributed by atoms with Gasteiger partial charge in [0.2, 0.25) is 0 Å². The zero-order valence-electron chi connectivity index (χ0n) is 19.7. The van der Waals surface area contributed by atoms with Gasteiger partial charge in [0, 0.05) is 27.0 Å². The first-order valence-corrected chi connectivity index (χ1v) is 13.4. The Morgan fingerprint density at radius 1 is 1.17 bits per heavy atom. The third-order valence-corrected chi connectivity index (χ3v) is 7.63. The summed E-state index contributed by atoms with van der Waals surface area (Å²) >= 11 is 8.55. The lowest BCUT2D eigenvalue weighted by Crippen LogP contribution is -2.16. The first-order valence-electron chi connectivity index (χ1n) is 11.4. The maximum atomic E-state index is 13.3. The first kappa shape index (κ1) is 25.2. The number of carbonyl (C=O) groups excluding carboxylic acids is 2. The molecule has 0 spiro atoms. The number of rotatable bonds is 8. The highest BCUT2D eigenvalue weighted by atomic mass is 35.5. The molecule has 0 aliphatic rings. The Labute approximate surface area is 217 Å². The van der Waals surface area contributed by atoms with Crippen LogP contribution in [-0.2, 0) is 11.2 Å². The molecule has 6 nitrogen and oxygen atoms in total. The molecule has 3 heterocycles. The number of ether oxygens (including phenoxy) is 1. The molecule has 0 saturated heterocycles. The molecular weight excluding hydrogens is 502 g/mol. The summed E-state index contributed by atoms with van der Waals surface area (Å²) in [5, 5.41) is 6.47. The van der Waals surface area contributed by atoms with Crippen molar-refractivity contribution in [1.29, 1.82) is 0 Å². The quantitative estimate of drug-likeness (QED) is 0.232. The fourth-order valence-electron chi connectivity index (χ4n) is 3.63. The van der Waals surface area contributed by atoms with Crippen LogP contribution in [0.5, 0.6) is 0 Å². The number of nitrogens with one attached hydrogen (secondary N) is 1. The Bertz CT molecular complexity index is 1380. The topological polar surface area (TPSA) is 94.3 Å². The fraction of sp³-hybridized carbons (Fsp3) is 0.269. The van der Waals surface area contributed by atoms with E-state index in [4.69, 9.17) is 22.1 Å². The molecule has 0 aliphatic heterocycles. The maximum absolute atomic E-state index is 13.3. The van der Waals surface area contributed by atoms with E-state index in [1.54, 1.807) is 26.0 Å². The van der Waals surface area contributed by atoms with Gasteiger partial charge in [0.1, 0.15) is 20.3 Å². The number of esters is 1. The van der Waals surface area contributed by atoms with E-state index in [1.165, 1.54) is 22.7 Å². The zero-order chi connectivity index (χ0) is 25.1. The summed E-state index contributed by atoms with van der Waals surface area (Å²) < 4.78 is 5.48. The Hall–Kier alpha value is -2.94. The van der Waals surface area contributed by atoms with Crippen molar-refractivity contribution in [3.05, 3.63) is 62.9 Å². The number of nitrogen functional groups attached to an aromatic ring is 1. The molecule has 0 aliphatic carbocycles. The number of fused-ring (bicyclic) bond motifs is 1. The molecule has 0 radical (unpaired) electrons. The molecule has 0 fully saturated rings. The van der Waals surface area contributed by atoms with Crippen LogP contribution in [0.3, 0.4) is 0 Å². The number of carbonyl (C=O) groups is 2. The van der Waals surface area contributed by atoms with Crippen LogP contribution in [0.4, 0.5) is 10.7 Å². The van der Waals surface area contributed by atoms with Crippen molar-refractivity contribution < 1.29 is 14.3 Å². The van der Waals surface area contributed by atoms with Crippen LogP contribution in [0.15, 0.2) is 41.8 Å². The maximum Gasteiger partial charge on any atom is 0.342 e. The van der Waals surface area contributed by atoms with Crippen molar-refractivity contribution in [3.8, 4) is 11.1 Å². The van der Waals surface area contributed by atoms with Gasteiger partial charge in [-0.15, -0.1) is 22.7 Å². The number of aryl methyl sites for hydroxylation is 1. The number of hydrogen-bond acceptors (Lipinski definition) is 7. The summed E-state index contributed by atoms with van der Waals surface area (Å²) in [5.41, 5.74) is 9.47. The molecule has 182 valence electrons. The van der Waals surface area contributed by atoms with Gasteiger partial charge in [0.25, 0.3) is 5.91 Å². The summed E-state index contributed by atoms with van der Waals surface area (Å²) in [6.07, 6.45) is 2.71. The van der Waals surface area contributed by atoms with Gasteiger partial charge in [0.15, 0.2) is 0 Å². The van der Waals surface area contributed by atoms with Gasteiger partial charge in [-0.25, -0.2) is 9.78 Å². The normalized spacial score (nSPS) is 11.2. The molecule has 0 atom stereocenters. The van der Waals surface area contributed by atoms with Gasteiger partial charge >= 0.3 is 5.97 Å². The van der Waals surface area contributed by atoms with Crippen molar-refractivity contribution in [2.75, 3.05) is 11.1 Å². The molecule has 1 amide bonds. The lowest BCUT2D eigenvalue weighted by molar-refractivity contribution is 0.0380. The second-order valence-corrected chi connectivity index (χ2v) is 10.7. The predicted octanol–water partition coefficient (Wildman–Crippen LogP) is 7.42. The molecule has 0 bridgehead atoms. The van der Waals surface area contributed by atoms with E-state index in [0.29, 0.717) is 31.7 Å². The van der Waals surface area contributed by atoms with Gasteiger partial charge < -0.3 is 15.8 Å². The van der Waals surface area contributed by atoms with E-state index in [9.17, 15) is 9.59 Å². The monoisotopic (exact) mass is 527 g/mol. The first-order chi connectivity index (χ1) is 16.8. The Morgan fingerprint density at radius 2 is 1.91 bits per heavy atom. The third kappa shape index (κ3) is 5.50. The second-order valence-electron chi connectivity index (χ2n) is 8.37. The molecule has 0 saturated carbocycles. The van der Waals surface area contributed by atoms with Crippen molar-refractivity contribution in [2.45, 2.75) is 46.1 Å². The largest absolute Gasteiger partial charge is 0.459 e. The van der Waals surface area contributed by atoms with Crippen LogP contribution in [0, 0.1) is 0 Å². The molecular formula is C26H26ClN3O3S2. The summed E-state index contributed by atoms with van der Waals surface area (Å²) in [6.45, 7) is 5.70. The highest BCUT2D eigenvalue weighted by Gasteiger charge is 2.26. The van der Waals surface area contributed by atoms with E-state index in [-0.39, 0.29) is 12.0 Å². The minimum absolute atomic E-state index is 0.305. The lowest BCUT2D eigenvalue weighted by Gasteiger charge is -2.11. The molecule has 4 rings (SSSR count). The van der Waals surface area contributed by atoms with Crippen molar-refractivity contribution >= 4 is 67.1 Å². The van der Waals surface area contributed by atoms with E-state index in [2.05, 4.69) is 17.2 Å². The zero-order valence-corrected chi connectivity index (χ0v) is 22.1. The summed E-state index contributed by atoms with van der Waals surface area (Å²) in [5.74, 6) is -0.892. The number of nitrogens with zero attached hydrogens (tertiary/aromatic N) is 1. The Balaban J connectivity index is 1.68. The smallest absolute Gasteiger partial charge is 0.342 e. The third-order valence-electron chi connectivity index (χ3n) is 5.36. The summed E-state index contributed by atoms with van der Waals surface area (Å²) in [7, 11) is 0. The van der Waals surface area contributed by atoms with Crippen LogP contribution in [0.25, 0.3) is 21.3 Å². The summed E-state index contributed by atoms with van der Waals surface area (Å²) in [6, 6.07) is 11.0. The lowest BCUT2D eigenvalue weighted by atomic mass is 10.0. The molecule has 0 unspecified atom stereocenters. The van der Waals surface area contributed by atoms with Gasteiger partial charge in [-0.2, -0.15) is 0 Å². The van der Waals surface area contributed by atoms with Gasteiger partial charge in [-0.1, -0.05) is 37.1 Å². The van der Waals surface area contributed by atoms with Crippen LogP contribution in [0.1, 0.15) is 59.3 Å². The number of unbranched alkanes of at least 4 members (excludes halogenated alkanes) is 1. The minimum atomic E-state index is -0.506. The summed E-state index contributed by atoms with van der Waals surface area (Å²) in [4.78, 5) is 32.1. The van der Waals surface area contributed by atoms with Crippen LogP contribution in [-0.4, -0.2) is 23.0 Å². The van der Waals surface area contributed by atoms with Gasteiger partial charge in [-0.05, 0) is 56.5 Å². The molecule has 3 aromatic heterocycles. The molecule has 9 heteroatoms. The molecule has 1 aromatic carbocycles. The fourth-order valence-corrected chi connectivity index (χ4v) is 5.71. The molecule has 3 N–H and O–H groups in total. The number of halogens is 1. The minimum Gasteiger partial charge on any atom is -0.459 e. The Morgan fingerprint density at radius 3 is 2.60 bits per heavy atom.